The minimum Gasteiger partial charge on any atom is -0.478 e. The second-order valence-electron chi connectivity index (χ2n) is 6.44. The number of rotatable bonds is 3. The van der Waals surface area contributed by atoms with Crippen molar-refractivity contribution >= 4 is 22.7 Å². The van der Waals surface area contributed by atoms with Gasteiger partial charge in [-0.25, -0.2) is 9.59 Å². The average Bonchev–Trinajstić information content (AvgIpc) is 2.53. The van der Waals surface area contributed by atoms with Crippen LogP contribution in [-0.4, -0.2) is 22.2 Å². The van der Waals surface area contributed by atoms with Crippen molar-refractivity contribution in [3.8, 4) is 0 Å². The van der Waals surface area contributed by atoms with Crippen LogP contribution in [0.5, 0.6) is 0 Å². The number of carboxylic acid groups (broad SMARTS) is 2. The predicted octanol–water partition coefficient (Wildman–Crippen LogP) is 4.53. The highest BCUT2D eigenvalue weighted by Crippen LogP contribution is 2.42. The first-order chi connectivity index (χ1) is 11.0. The number of carbonyl (C=O) groups is 2. The Balaban J connectivity index is 2.24. The molecular formula is C19H20O4. The van der Waals surface area contributed by atoms with E-state index in [1.165, 1.54) is 6.42 Å². The van der Waals surface area contributed by atoms with Crippen LogP contribution < -0.4 is 0 Å². The lowest BCUT2D eigenvalue weighted by Gasteiger charge is -2.31. The van der Waals surface area contributed by atoms with Gasteiger partial charge in [-0.3, -0.25) is 0 Å². The van der Waals surface area contributed by atoms with Gasteiger partial charge in [-0.15, -0.1) is 0 Å². The quantitative estimate of drug-likeness (QED) is 0.873. The van der Waals surface area contributed by atoms with Crippen LogP contribution >= 0.6 is 0 Å². The summed E-state index contributed by atoms with van der Waals surface area (Å²) in [6.07, 6.45) is 4.39. The largest absolute Gasteiger partial charge is 0.478 e. The molecule has 2 atom stereocenters. The van der Waals surface area contributed by atoms with Gasteiger partial charge in [0, 0.05) is 0 Å². The Hall–Kier alpha value is -2.36. The molecule has 23 heavy (non-hydrogen) atoms. The van der Waals surface area contributed by atoms with Gasteiger partial charge in [-0.05, 0) is 52.8 Å². The maximum Gasteiger partial charge on any atom is 0.335 e. The lowest BCUT2D eigenvalue weighted by Crippen LogP contribution is -2.18. The van der Waals surface area contributed by atoms with Gasteiger partial charge in [-0.2, -0.15) is 0 Å². The van der Waals surface area contributed by atoms with E-state index in [9.17, 15) is 14.7 Å². The van der Waals surface area contributed by atoms with Crippen molar-refractivity contribution in [3.05, 3.63) is 47.0 Å². The summed E-state index contributed by atoms with van der Waals surface area (Å²) in [6, 6.07) is 8.28. The van der Waals surface area contributed by atoms with Crippen molar-refractivity contribution in [1.82, 2.24) is 0 Å². The fourth-order valence-electron chi connectivity index (χ4n) is 3.82. The summed E-state index contributed by atoms with van der Waals surface area (Å²) in [5.41, 5.74) is 1.45. The highest BCUT2D eigenvalue weighted by molar-refractivity contribution is 6.01. The number of aromatic carboxylic acids is 2. The zero-order valence-electron chi connectivity index (χ0n) is 13.1. The third-order valence-electron chi connectivity index (χ3n) is 5.02. The van der Waals surface area contributed by atoms with Gasteiger partial charge in [0.25, 0.3) is 0 Å². The lowest BCUT2D eigenvalue weighted by atomic mass is 9.73. The summed E-state index contributed by atoms with van der Waals surface area (Å²) < 4.78 is 0. The number of hydrogen-bond donors (Lipinski definition) is 2. The molecule has 0 aromatic heterocycles. The molecule has 0 bridgehead atoms. The molecule has 2 N–H and O–H groups in total. The Bertz CT molecular complexity index is 778. The van der Waals surface area contributed by atoms with Crippen molar-refractivity contribution in [2.24, 2.45) is 5.92 Å². The van der Waals surface area contributed by atoms with Crippen molar-refractivity contribution in [2.75, 3.05) is 0 Å². The van der Waals surface area contributed by atoms with Crippen LogP contribution in [0.2, 0.25) is 0 Å². The molecule has 1 aliphatic carbocycles. The SMILES string of the molecule is CC1CCCCC1c1c(C(=O)O)ccc2cc(C(=O)O)ccc12. The summed E-state index contributed by atoms with van der Waals surface area (Å²) in [6.45, 7) is 2.18. The van der Waals surface area contributed by atoms with Crippen LogP contribution in [0.1, 0.15) is 64.8 Å². The van der Waals surface area contributed by atoms with Gasteiger partial charge in [-0.1, -0.05) is 38.3 Å². The first-order valence-electron chi connectivity index (χ1n) is 8.02. The molecule has 0 spiro atoms. The van der Waals surface area contributed by atoms with Crippen LogP contribution in [0.4, 0.5) is 0 Å². The zero-order chi connectivity index (χ0) is 16.6. The monoisotopic (exact) mass is 312 g/mol. The molecule has 0 radical (unpaired) electrons. The van der Waals surface area contributed by atoms with Gasteiger partial charge in [0.2, 0.25) is 0 Å². The standard InChI is InChI=1S/C19H20O4/c1-11-4-2-3-5-14(11)17-15-8-7-13(18(20)21)10-12(15)6-9-16(17)19(22)23/h6-11,14H,2-5H2,1H3,(H,20,21)(H,22,23). The van der Waals surface area contributed by atoms with E-state index in [-0.39, 0.29) is 11.5 Å². The molecule has 0 aliphatic heterocycles. The summed E-state index contributed by atoms with van der Waals surface area (Å²) in [7, 11) is 0. The molecule has 2 aromatic rings. The second-order valence-corrected chi connectivity index (χ2v) is 6.44. The topological polar surface area (TPSA) is 74.6 Å². The van der Waals surface area contributed by atoms with E-state index in [2.05, 4.69) is 6.92 Å². The van der Waals surface area contributed by atoms with Crippen molar-refractivity contribution < 1.29 is 19.8 Å². The maximum atomic E-state index is 11.7. The summed E-state index contributed by atoms with van der Waals surface area (Å²) in [5, 5.41) is 20.4. The smallest absolute Gasteiger partial charge is 0.335 e. The minimum absolute atomic E-state index is 0.217. The van der Waals surface area contributed by atoms with E-state index in [1.54, 1.807) is 30.3 Å². The number of carboxylic acids is 2. The van der Waals surface area contributed by atoms with Crippen LogP contribution in [0.3, 0.4) is 0 Å². The summed E-state index contributed by atoms with van der Waals surface area (Å²) >= 11 is 0. The number of fused-ring (bicyclic) bond motifs is 1. The van der Waals surface area contributed by atoms with Crippen LogP contribution in [0, 0.1) is 5.92 Å². The number of hydrogen-bond acceptors (Lipinski definition) is 2. The molecular weight excluding hydrogens is 292 g/mol. The lowest BCUT2D eigenvalue weighted by molar-refractivity contribution is 0.0684. The van der Waals surface area contributed by atoms with Gasteiger partial charge in [0.1, 0.15) is 0 Å². The van der Waals surface area contributed by atoms with Crippen LogP contribution in [0.15, 0.2) is 30.3 Å². The normalized spacial score (nSPS) is 21.3. The molecule has 0 saturated heterocycles. The molecule has 120 valence electrons. The molecule has 4 heteroatoms. The zero-order valence-corrected chi connectivity index (χ0v) is 13.1. The van der Waals surface area contributed by atoms with Crippen molar-refractivity contribution in [1.29, 1.82) is 0 Å². The van der Waals surface area contributed by atoms with E-state index >= 15 is 0 Å². The number of benzene rings is 2. The Morgan fingerprint density at radius 2 is 1.74 bits per heavy atom. The molecule has 1 fully saturated rings. The van der Waals surface area contributed by atoms with Crippen molar-refractivity contribution in [2.45, 2.75) is 38.5 Å². The van der Waals surface area contributed by atoms with E-state index in [0.29, 0.717) is 11.5 Å². The fraction of sp³-hybridized carbons (Fsp3) is 0.368. The molecule has 3 rings (SSSR count). The molecule has 4 nitrogen and oxygen atoms in total. The van der Waals surface area contributed by atoms with Gasteiger partial charge < -0.3 is 10.2 Å². The van der Waals surface area contributed by atoms with E-state index in [0.717, 1.165) is 35.6 Å². The van der Waals surface area contributed by atoms with Gasteiger partial charge >= 0.3 is 11.9 Å². The summed E-state index contributed by atoms with van der Waals surface area (Å²) in [5.74, 6) is -1.23. The Kier molecular flexibility index (Phi) is 4.07. The third kappa shape index (κ3) is 2.81. The molecule has 2 aromatic carbocycles. The molecule has 0 amide bonds. The van der Waals surface area contributed by atoms with Crippen LogP contribution in [-0.2, 0) is 0 Å². The Morgan fingerprint density at radius 1 is 1.00 bits per heavy atom. The summed E-state index contributed by atoms with van der Waals surface area (Å²) in [4.78, 5) is 22.9. The fourth-order valence-corrected chi connectivity index (χ4v) is 3.82. The first-order valence-corrected chi connectivity index (χ1v) is 8.02. The molecule has 1 saturated carbocycles. The highest BCUT2D eigenvalue weighted by atomic mass is 16.4. The predicted molar refractivity (Wildman–Crippen MR) is 88.2 cm³/mol. The van der Waals surface area contributed by atoms with Gasteiger partial charge in [0.05, 0.1) is 11.1 Å². The van der Waals surface area contributed by atoms with E-state index < -0.39 is 11.9 Å². The first kappa shape index (κ1) is 15.5. The van der Waals surface area contributed by atoms with Gasteiger partial charge in [0.15, 0.2) is 0 Å². The van der Waals surface area contributed by atoms with E-state index in [4.69, 9.17) is 5.11 Å². The average molecular weight is 312 g/mol. The third-order valence-corrected chi connectivity index (χ3v) is 5.02. The highest BCUT2D eigenvalue weighted by Gasteiger charge is 2.28. The molecule has 2 unspecified atom stereocenters. The molecule has 0 heterocycles. The minimum atomic E-state index is -0.971. The van der Waals surface area contributed by atoms with Crippen molar-refractivity contribution in [3.63, 3.8) is 0 Å². The maximum absolute atomic E-state index is 11.7. The molecule has 1 aliphatic rings. The Labute approximate surface area is 134 Å². The van der Waals surface area contributed by atoms with Crippen LogP contribution in [0.25, 0.3) is 10.8 Å². The van der Waals surface area contributed by atoms with E-state index in [1.807, 2.05) is 0 Å². The Morgan fingerprint density at radius 3 is 2.39 bits per heavy atom. The second kappa shape index (κ2) is 6.03.